The summed E-state index contributed by atoms with van der Waals surface area (Å²) in [5.74, 6) is -0.335. The predicted octanol–water partition coefficient (Wildman–Crippen LogP) is 3.28. The lowest BCUT2D eigenvalue weighted by atomic mass is 9.89. The number of hydrogen-bond donors (Lipinski definition) is 1. The van der Waals surface area contributed by atoms with Crippen molar-refractivity contribution in [1.29, 1.82) is 0 Å². The zero-order chi connectivity index (χ0) is 19.1. The Morgan fingerprint density at radius 1 is 1.23 bits per heavy atom. The number of benzene rings is 1. The van der Waals surface area contributed by atoms with Crippen LogP contribution in [0, 0.1) is 0 Å². The maximum Gasteiger partial charge on any atom is 0.410 e. The van der Waals surface area contributed by atoms with Gasteiger partial charge in [0.2, 0.25) is 0 Å². The minimum atomic E-state index is -1.10. The molecule has 0 bridgehead atoms. The van der Waals surface area contributed by atoms with Crippen LogP contribution in [0.4, 0.5) is 15.3 Å². The van der Waals surface area contributed by atoms with Crippen LogP contribution in [0.15, 0.2) is 28.7 Å². The van der Waals surface area contributed by atoms with E-state index in [0.29, 0.717) is 25.1 Å². The van der Waals surface area contributed by atoms with Crippen molar-refractivity contribution in [2.24, 2.45) is 0 Å². The standard InChI is InChI=1S/C18H22BrN3O4/c1-17(2,3)26-16(25)21-10-4-9-18(11-21)14(23)22(15(24)20-18)13-7-5-12(19)6-8-13/h5-8H,4,9-11H2,1-3H3,(H,20,24). The number of anilines is 1. The number of ether oxygens (including phenoxy) is 1. The normalized spacial score (nSPS) is 23.4. The van der Waals surface area contributed by atoms with Crippen LogP contribution in [-0.2, 0) is 9.53 Å². The molecule has 1 N–H and O–H groups in total. The summed E-state index contributed by atoms with van der Waals surface area (Å²) in [4.78, 5) is 40.6. The third-order valence-electron chi connectivity index (χ3n) is 4.39. The summed E-state index contributed by atoms with van der Waals surface area (Å²) in [5.41, 5.74) is -1.21. The molecular weight excluding hydrogens is 402 g/mol. The quantitative estimate of drug-likeness (QED) is 0.702. The third-order valence-corrected chi connectivity index (χ3v) is 4.92. The first-order valence-electron chi connectivity index (χ1n) is 8.51. The van der Waals surface area contributed by atoms with Crippen LogP contribution >= 0.6 is 15.9 Å². The number of hydrogen-bond acceptors (Lipinski definition) is 4. The van der Waals surface area contributed by atoms with E-state index >= 15 is 0 Å². The van der Waals surface area contributed by atoms with Gasteiger partial charge in [-0.1, -0.05) is 15.9 Å². The molecule has 1 unspecified atom stereocenters. The van der Waals surface area contributed by atoms with Crippen LogP contribution in [0.5, 0.6) is 0 Å². The molecule has 2 heterocycles. The first-order valence-corrected chi connectivity index (χ1v) is 9.31. The molecule has 2 saturated heterocycles. The van der Waals surface area contributed by atoms with E-state index in [1.807, 2.05) is 0 Å². The van der Waals surface area contributed by atoms with Crippen molar-refractivity contribution in [1.82, 2.24) is 10.2 Å². The highest BCUT2D eigenvalue weighted by atomic mass is 79.9. The lowest BCUT2D eigenvalue weighted by Crippen LogP contribution is -2.60. The van der Waals surface area contributed by atoms with Gasteiger partial charge < -0.3 is 15.0 Å². The van der Waals surface area contributed by atoms with E-state index in [9.17, 15) is 14.4 Å². The number of nitrogens with one attached hydrogen (secondary N) is 1. The summed E-state index contributed by atoms with van der Waals surface area (Å²) in [6.45, 7) is 5.99. The molecule has 0 saturated carbocycles. The van der Waals surface area contributed by atoms with E-state index in [4.69, 9.17) is 4.74 Å². The number of urea groups is 1. The zero-order valence-corrected chi connectivity index (χ0v) is 16.6. The van der Waals surface area contributed by atoms with Crippen molar-refractivity contribution < 1.29 is 19.1 Å². The maximum absolute atomic E-state index is 13.1. The molecule has 1 spiro atoms. The van der Waals surface area contributed by atoms with Gasteiger partial charge in [0.15, 0.2) is 0 Å². The highest BCUT2D eigenvalue weighted by molar-refractivity contribution is 9.10. The van der Waals surface area contributed by atoms with Crippen LogP contribution < -0.4 is 10.2 Å². The molecule has 3 rings (SSSR count). The van der Waals surface area contributed by atoms with Gasteiger partial charge in [-0.2, -0.15) is 0 Å². The van der Waals surface area contributed by atoms with Crippen LogP contribution in [0.2, 0.25) is 0 Å². The Balaban J connectivity index is 1.81. The number of likely N-dealkylation sites (tertiary alicyclic amines) is 1. The Labute approximate surface area is 160 Å². The summed E-state index contributed by atoms with van der Waals surface area (Å²) in [5, 5.41) is 2.81. The minimum Gasteiger partial charge on any atom is -0.444 e. The molecule has 0 aliphatic carbocycles. The third kappa shape index (κ3) is 3.56. The Bertz CT molecular complexity index is 744. The van der Waals surface area contributed by atoms with Crippen LogP contribution in [-0.4, -0.2) is 47.2 Å². The van der Waals surface area contributed by atoms with E-state index in [1.165, 1.54) is 4.90 Å². The Morgan fingerprint density at radius 3 is 2.50 bits per heavy atom. The number of halogens is 1. The van der Waals surface area contributed by atoms with Crippen LogP contribution in [0.3, 0.4) is 0 Å². The molecule has 7 nitrogen and oxygen atoms in total. The summed E-state index contributed by atoms with van der Waals surface area (Å²) < 4.78 is 6.27. The van der Waals surface area contributed by atoms with E-state index in [-0.39, 0.29) is 12.5 Å². The zero-order valence-electron chi connectivity index (χ0n) is 15.0. The van der Waals surface area contributed by atoms with Crippen LogP contribution in [0.25, 0.3) is 0 Å². The fourth-order valence-electron chi connectivity index (χ4n) is 3.26. The highest BCUT2D eigenvalue weighted by Gasteiger charge is 2.54. The molecular formula is C18H22BrN3O4. The summed E-state index contributed by atoms with van der Waals surface area (Å²) in [6, 6.07) is 6.48. The molecule has 8 heteroatoms. The van der Waals surface area contributed by atoms with Gasteiger partial charge in [0, 0.05) is 11.0 Å². The second-order valence-corrected chi connectivity index (χ2v) is 8.55. The first kappa shape index (κ1) is 18.7. The number of nitrogens with zero attached hydrogens (tertiary/aromatic N) is 2. The summed E-state index contributed by atoms with van der Waals surface area (Å²) in [6.07, 6.45) is 0.629. The van der Waals surface area contributed by atoms with Crippen molar-refractivity contribution in [3.63, 3.8) is 0 Å². The monoisotopic (exact) mass is 423 g/mol. The lowest BCUT2D eigenvalue weighted by molar-refractivity contribution is -0.123. The molecule has 1 aromatic rings. The fourth-order valence-corrected chi connectivity index (χ4v) is 3.52. The lowest BCUT2D eigenvalue weighted by Gasteiger charge is -2.38. The molecule has 2 fully saturated rings. The number of carbonyl (C=O) groups is 3. The molecule has 1 aromatic carbocycles. The van der Waals surface area contributed by atoms with Gasteiger partial charge in [-0.3, -0.25) is 4.79 Å². The number of amides is 4. The first-order chi connectivity index (χ1) is 12.1. The summed E-state index contributed by atoms with van der Waals surface area (Å²) >= 11 is 3.34. The molecule has 2 aliphatic rings. The number of piperidine rings is 1. The second kappa shape index (κ2) is 6.57. The number of rotatable bonds is 1. The van der Waals surface area contributed by atoms with E-state index in [1.54, 1.807) is 45.0 Å². The van der Waals surface area contributed by atoms with Crippen molar-refractivity contribution >= 4 is 39.6 Å². The largest absolute Gasteiger partial charge is 0.444 e. The van der Waals surface area contributed by atoms with E-state index < -0.39 is 23.3 Å². The molecule has 140 valence electrons. The van der Waals surface area contributed by atoms with Gasteiger partial charge in [-0.05, 0) is 57.9 Å². The molecule has 26 heavy (non-hydrogen) atoms. The van der Waals surface area contributed by atoms with Gasteiger partial charge in [-0.15, -0.1) is 0 Å². The van der Waals surface area contributed by atoms with E-state index in [0.717, 1.165) is 9.37 Å². The van der Waals surface area contributed by atoms with Gasteiger partial charge in [0.1, 0.15) is 11.1 Å². The summed E-state index contributed by atoms with van der Waals surface area (Å²) in [7, 11) is 0. The fraction of sp³-hybridized carbons (Fsp3) is 0.500. The van der Waals surface area contributed by atoms with Crippen molar-refractivity contribution in [2.45, 2.75) is 44.8 Å². The second-order valence-electron chi connectivity index (χ2n) is 7.63. The minimum absolute atomic E-state index is 0.111. The van der Waals surface area contributed by atoms with Crippen molar-refractivity contribution in [3.8, 4) is 0 Å². The molecule has 2 aliphatic heterocycles. The average molecular weight is 424 g/mol. The molecule has 0 aromatic heterocycles. The number of carbonyl (C=O) groups excluding carboxylic acids is 3. The SMILES string of the molecule is CC(C)(C)OC(=O)N1CCCC2(C1)NC(=O)N(c1ccc(Br)cc1)C2=O. The van der Waals surface area contributed by atoms with Gasteiger partial charge in [-0.25, -0.2) is 14.5 Å². The van der Waals surface area contributed by atoms with Crippen LogP contribution in [0.1, 0.15) is 33.6 Å². The molecule has 4 amide bonds. The Hall–Kier alpha value is -2.09. The van der Waals surface area contributed by atoms with Gasteiger partial charge >= 0.3 is 12.1 Å². The molecule has 1 atom stereocenters. The smallest absolute Gasteiger partial charge is 0.410 e. The van der Waals surface area contributed by atoms with Gasteiger partial charge in [0.25, 0.3) is 5.91 Å². The van der Waals surface area contributed by atoms with Gasteiger partial charge in [0.05, 0.1) is 12.2 Å². The number of imide groups is 1. The Kier molecular flexibility index (Phi) is 4.72. The highest BCUT2D eigenvalue weighted by Crippen LogP contribution is 2.32. The predicted molar refractivity (Wildman–Crippen MR) is 99.9 cm³/mol. The van der Waals surface area contributed by atoms with E-state index in [2.05, 4.69) is 21.2 Å². The molecule has 0 radical (unpaired) electrons. The Morgan fingerprint density at radius 2 is 1.88 bits per heavy atom. The van der Waals surface area contributed by atoms with Crippen molar-refractivity contribution in [2.75, 3.05) is 18.0 Å². The average Bonchev–Trinajstić information content (AvgIpc) is 2.77. The van der Waals surface area contributed by atoms with Crippen molar-refractivity contribution in [3.05, 3.63) is 28.7 Å². The maximum atomic E-state index is 13.1. The topological polar surface area (TPSA) is 79.0 Å².